The van der Waals surface area contributed by atoms with E-state index in [1.807, 2.05) is 0 Å². The zero-order valence-electron chi connectivity index (χ0n) is 9.85. The summed E-state index contributed by atoms with van der Waals surface area (Å²) in [5.74, 6) is -0.759. The summed E-state index contributed by atoms with van der Waals surface area (Å²) in [5, 5.41) is 2.35. The Morgan fingerprint density at radius 1 is 1.39 bits per heavy atom. The molecule has 1 aromatic carbocycles. The fourth-order valence-corrected chi connectivity index (χ4v) is 1.71. The van der Waals surface area contributed by atoms with E-state index < -0.39 is 21.8 Å². The fourth-order valence-electron chi connectivity index (χ4n) is 1.19. The number of halogens is 1. The second kappa shape index (κ2) is 8.65. The molecule has 0 fully saturated rings. The summed E-state index contributed by atoms with van der Waals surface area (Å²) in [7, 11) is -4.30. The van der Waals surface area contributed by atoms with E-state index >= 15 is 0 Å². The molecule has 1 amide bonds. The van der Waals surface area contributed by atoms with Crippen molar-refractivity contribution in [3.63, 3.8) is 0 Å². The molecule has 5 nitrogen and oxygen atoms in total. The third kappa shape index (κ3) is 7.20. The van der Waals surface area contributed by atoms with Gasteiger partial charge in [0.05, 0.1) is 15.9 Å². The van der Waals surface area contributed by atoms with Crippen molar-refractivity contribution < 1.29 is 69.1 Å². The second-order valence-corrected chi connectivity index (χ2v) is 5.14. The minimum atomic E-state index is -4.30. The summed E-state index contributed by atoms with van der Waals surface area (Å²) in [4.78, 5) is 11.5. The zero-order chi connectivity index (χ0) is 12.9. The molecule has 18 heavy (non-hydrogen) atoms. The molecule has 0 aromatic heterocycles. The Hall–Kier alpha value is 0.526. The molecule has 0 bridgehead atoms. The Kier molecular flexibility index (Phi) is 8.90. The fraction of sp³-hybridized carbons (Fsp3) is 0.300. The minimum absolute atomic E-state index is 0. The van der Waals surface area contributed by atoms with E-state index in [-0.39, 0.29) is 63.8 Å². The van der Waals surface area contributed by atoms with Crippen molar-refractivity contribution in [2.75, 3.05) is 12.3 Å². The van der Waals surface area contributed by atoms with Crippen LogP contribution < -0.4 is 56.7 Å². The molecule has 0 heterocycles. The van der Waals surface area contributed by atoms with Gasteiger partial charge in [0.1, 0.15) is 0 Å². The summed E-state index contributed by atoms with van der Waals surface area (Å²) in [6.07, 6.45) is 0. The van der Waals surface area contributed by atoms with Crippen molar-refractivity contribution in [2.45, 2.75) is 5.88 Å². The van der Waals surface area contributed by atoms with Gasteiger partial charge in [0.25, 0.3) is 5.91 Å². The van der Waals surface area contributed by atoms with E-state index in [1.165, 1.54) is 0 Å². The summed E-state index contributed by atoms with van der Waals surface area (Å²) in [5.41, 5.74) is 1.17. The van der Waals surface area contributed by atoms with Crippen molar-refractivity contribution in [2.24, 2.45) is 0 Å². The van der Waals surface area contributed by atoms with Crippen molar-refractivity contribution in [3.05, 3.63) is 35.4 Å². The van der Waals surface area contributed by atoms with Gasteiger partial charge >= 0.3 is 51.4 Å². The second-order valence-electron chi connectivity index (χ2n) is 3.35. The summed E-state index contributed by atoms with van der Waals surface area (Å²) >= 11 is 5.62. The first-order chi connectivity index (χ1) is 7.92. The molecule has 0 atom stereocenters. The normalized spacial score (nSPS) is 10.6. The third-order valence-electron chi connectivity index (χ3n) is 1.98. The van der Waals surface area contributed by atoms with Crippen LogP contribution in [-0.2, 0) is 16.0 Å². The first kappa shape index (κ1) is 18.5. The van der Waals surface area contributed by atoms with E-state index in [0.29, 0.717) is 5.56 Å². The van der Waals surface area contributed by atoms with E-state index in [0.717, 1.165) is 5.56 Å². The third-order valence-corrected chi connectivity index (χ3v) is 2.99. The zero-order valence-corrected chi connectivity index (χ0v) is 14.5. The van der Waals surface area contributed by atoms with E-state index in [9.17, 15) is 17.8 Å². The van der Waals surface area contributed by atoms with Crippen molar-refractivity contribution in [1.82, 2.24) is 5.32 Å². The first-order valence-corrected chi connectivity index (χ1v) is 6.90. The van der Waals surface area contributed by atoms with Gasteiger partial charge in [0, 0.05) is 18.0 Å². The van der Waals surface area contributed by atoms with Gasteiger partial charge in [0.2, 0.25) is 0 Å². The number of alkyl halides is 1. The van der Waals surface area contributed by atoms with E-state index in [2.05, 4.69) is 5.32 Å². The average molecular weight is 316 g/mol. The molecule has 94 valence electrons. The standard InChI is InChI=1S/C10H12ClNO4S.K/c11-7-8-2-1-3-9(6-8)10(13)12-4-5-17(14,15)16;/h1-3,6H,4-5,7H2,(H,12,13)(H,14,15,16);/q;+1/p-1. The number of carbonyl (C=O) groups excluding carboxylic acids is 1. The number of hydrogen-bond donors (Lipinski definition) is 1. The molecule has 0 unspecified atom stereocenters. The van der Waals surface area contributed by atoms with E-state index in [4.69, 9.17) is 11.6 Å². The van der Waals surface area contributed by atoms with Gasteiger partial charge in [-0.2, -0.15) is 0 Å². The Balaban J connectivity index is 0.00000289. The molecule has 0 aliphatic heterocycles. The van der Waals surface area contributed by atoms with Crippen LogP contribution in [-0.4, -0.2) is 31.2 Å². The Labute approximate surface area is 153 Å². The molecule has 0 spiro atoms. The number of amides is 1. The van der Waals surface area contributed by atoms with Crippen LogP contribution in [0.4, 0.5) is 0 Å². The molecule has 0 saturated carbocycles. The first-order valence-electron chi connectivity index (χ1n) is 4.79. The van der Waals surface area contributed by atoms with Crippen LogP contribution >= 0.6 is 11.6 Å². The molecular formula is C10H11ClKNO4S. The van der Waals surface area contributed by atoms with Gasteiger partial charge in [-0.1, -0.05) is 12.1 Å². The number of benzene rings is 1. The van der Waals surface area contributed by atoms with Crippen LogP contribution in [0.2, 0.25) is 0 Å². The molecule has 0 radical (unpaired) electrons. The topological polar surface area (TPSA) is 86.3 Å². The molecule has 0 saturated heterocycles. The largest absolute Gasteiger partial charge is 1.00 e. The molecule has 8 heteroatoms. The van der Waals surface area contributed by atoms with E-state index in [1.54, 1.807) is 24.3 Å². The van der Waals surface area contributed by atoms with Gasteiger partial charge in [-0.05, 0) is 17.7 Å². The molecule has 1 N–H and O–H groups in total. The Bertz CT molecular complexity index is 506. The van der Waals surface area contributed by atoms with Gasteiger partial charge in [-0.15, -0.1) is 11.6 Å². The van der Waals surface area contributed by atoms with Crippen LogP contribution in [0.15, 0.2) is 24.3 Å². The Morgan fingerprint density at radius 2 is 2.06 bits per heavy atom. The van der Waals surface area contributed by atoms with Crippen LogP contribution in [0.5, 0.6) is 0 Å². The maximum atomic E-state index is 11.5. The van der Waals surface area contributed by atoms with Gasteiger partial charge < -0.3 is 9.87 Å². The molecule has 0 aliphatic carbocycles. The molecule has 1 aromatic rings. The maximum absolute atomic E-state index is 11.5. The number of rotatable bonds is 5. The van der Waals surface area contributed by atoms with Crippen molar-refractivity contribution >= 4 is 27.6 Å². The summed E-state index contributed by atoms with van der Waals surface area (Å²) in [6.45, 7) is -0.199. The number of hydrogen-bond acceptors (Lipinski definition) is 4. The van der Waals surface area contributed by atoms with Gasteiger partial charge in [-0.25, -0.2) is 8.42 Å². The molecule has 0 aliphatic rings. The van der Waals surface area contributed by atoms with Gasteiger partial charge in [-0.3, -0.25) is 4.79 Å². The Morgan fingerprint density at radius 3 is 2.61 bits per heavy atom. The van der Waals surface area contributed by atoms with Crippen LogP contribution in [0, 0.1) is 0 Å². The number of carbonyl (C=O) groups is 1. The van der Waals surface area contributed by atoms with Crippen LogP contribution in [0.1, 0.15) is 15.9 Å². The molecule has 1 rings (SSSR count). The van der Waals surface area contributed by atoms with Crippen molar-refractivity contribution in [3.8, 4) is 0 Å². The van der Waals surface area contributed by atoms with Crippen LogP contribution in [0.3, 0.4) is 0 Å². The van der Waals surface area contributed by atoms with Crippen molar-refractivity contribution in [1.29, 1.82) is 0 Å². The SMILES string of the molecule is O=C(NCCS(=O)(=O)[O-])c1cccc(CCl)c1.[K+]. The smallest absolute Gasteiger partial charge is 0.748 e. The summed E-state index contributed by atoms with van der Waals surface area (Å²) < 4.78 is 31.0. The molecular weight excluding hydrogens is 305 g/mol. The average Bonchev–Trinajstić information content (AvgIpc) is 2.27. The minimum Gasteiger partial charge on any atom is -0.748 e. The van der Waals surface area contributed by atoms with Gasteiger partial charge in [0.15, 0.2) is 0 Å². The quantitative estimate of drug-likeness (QED) is 0.376. The predicted molar refractivity (Wildman–Crippen MR) is 62.9 cm³/mol. The summed E-state index contributed by atoms with van der Waals surface area (Å²) in [6, 6.07) is 6.63. The number of nitrogens with one attached hydrogen (secondary N) is 1. The maximum Gasteiger partial charge on any atom is 1.00 e. The monoisotopic (exact) mass is 315 g/mol. The van der Waals surface area contributed by atoms with Crippen LogP contribution in [0.25, 0.3) is 0 Å². The predicted octanol–water partition coefficient (Wildman–Crippen LogP) is -2.30.